The number of carbonyl (C=O) groups is 3. The molecule has 8 heteroatoms. The molecule has 56 heavy (non-hydrogen) atoms. The van der Waals surface area contributed by atoms with Gasteiger partial charge in [-0.05, 0) is 38.5 Å². The number of aliphatic carboxylic acids is 1. The van der Waals surface area contributed by atoms with Crippen LogP contribution in [0.15, 0.2) is 48.6 Å². The third-order valence-corrected chi connectivity index (χ3v) is 10.1. The number of ether oxygens (including phenoxy) is 3. The molecule has 0 fully saturated rings. The Balaban J connectivity index is 4.37. The Labute approximate surface area is 344 Å². The highest BCUT2D eigenvalue weighted by atomic mass is 16.6. The smallest absolute Gasteiger partial charge is 0.362 e. The van der Waals surface area contributed by atoms with Gasteiger partial charge in [0.05, 0.1) is 34.4 Å². The molecule has 0 rings (SSSR count). The normalized spacial score (nSPS) is 13.4. The first-order chi connectivity index (χ1) is 27.1. The number of carboxylic acids is 1. The van der Waals surface area contributed by atoms with E-state index in [0.717, 1.165) is 64.2 Å². The fraction of sp³-hybridized carbons (Fsp3) is 0.771. The van der Waals surface area contributed by atoms with Gasteiger partial charge in [-0.25, -0.2) is 4.79 Å². The zero-order chi connectivity index (χ0) is 41.4. The number of carboxylic acid groups (broad SMARTS) is 1. The highest BCUT2D eigenvalue weighted by Crippen LogP contribution is 2.15. The van der Waals surface area contributed by atoms with Crippen LogP contribution in [0.3, 0.4) is 0 Å². The van der Waals surface area contributed by atoms with Crippen molar-refractivity contribution >= 4 is 17.9 Å². The number of likely N-dealkylation sites (N-methyl/N-ethyl adjacent to an activating group) is 1. The standard InChI is InChI=1S/C48H85NO7/c1-6-8-10-12-14-16-18-20-22-23-24-25-27-28-30-32-34-36-38-46(50)55-43-44(42-54-41-40-45(48(52)53)49(3,4)5)56-47(51)39-37-35-33-31-29-26-21-19-17-15-13-11-9-7-2/h14,16,18,20,22-25,44-45H,6-13,15,17,19,21,26-43H2,1-5H3/p+1/b16-14+,20-18+,23-22+,25-24+. The first-order valence-electron chi connectivity index (χ1n) is 22.7. The van der Waals surface area contributed by atoms with Crippen molar-refractivity contribution in [1.29, 1.82) is 0 Å². The largest absolute Gasteiger partial charge is 0.477 e. The summed E-state index contributed by atoms with van der Waals surface area (Å²) in [5.41, 5.74) is 0. The minimum Gasteiger partial charge on any atom is -0.477 e. The lowest BCUT2D eigenvalue weighted by molar-refractivity contribution is -0.887. The maximum atomic E-state index is 12.7. The summed E-state index contributed by atoms with van der Waals surface area (Å²) in [4.78, 5) is 37.0. The van der Waals surface area contributed by atoms with E-state index >= 15 is 0 Å². The molecule has 0 aromatic heterocycles. The Morgan fingerprint density at radius 1 is 0.536 bits per heavy atom. The van der Waals surface area contributed by atoms with Crippen molar-refractivity contribution in [2.24, 2.45) is 0 Å². The van der Waals surface area contributed by atoms with Gasteiger partial charge in [0.2, 0.25) is 0 Å². The molecule has 0 saturated heterocycles. The minimum absolute atomic E-state index is 0.0543. The number of allylic oxidation sites excluding steroid dienone is 8. The molecular formula is C48H86NO7+. The SMILES string of the molecule is CCCCC/C=C/C=C/C=C/C=C/CCCCCCCC(=O)OCC(COCCC(C(=O)O)[N+](C)(C)C)OC(=O)CCCCCCCCCCCCCCCC. The fourth-order valence-electron chi connectivity index (χ4n) is 6.51. The fourth-order valence-corrected chi connectivity index (χ4v) is 6.51. The van der Waals surface area contributed by atoms with Crippen LogP contribution in [-0.4, -0.2) is 80.6 Å². The van der Waals surface area contributed by atoms with E-state index in [1.807, 2.05) is 21.1 Å². The number of nitrogens with zero attached hydrogens (tertiary/aromatic N) is 1. The number of rotatable bonds is 40. The Morgan fingerprint density at radius 2 is 0.946 bits per heavy atom. The molecule has 1 N–H and O–H groups in total. The van der Waals surface area contributed by atoms with Crippen LogP contribution in [0.1, 0.15) is 187 Å². The van der Waals surface area contributed by atoms with Crippen LogP contribution in [0.2, 0.25) is 0 Å². The van der Waals surface area contributed by atoms with Crippen molar-refractivity contribution in [3.05, 3.63) is 48.6 Å². The molecule has 2 atom stereocenters. The molecule has 0 saturated carbocycles. The predicted molar refractivity (Wildman–Crippen MR) is 234 cm³/mol. The first-order valence-corrected chi connectivity index (χ1v) is 22.7. The van der Waals surface area contributed by atoms with Gasteiger partial charge in [-0.15, -0.1) is 0 Å². The molecule has 0 spiro atoms. The molecule has 8 nitrogen and oxygen atoms in total. The second-order valence-corrected chi connectivity index (χ2v) is 16.4. The van der Waals surface area contributed by atoms with Crippen molar-refractivity contribution in [2.75, 3.05) is 41.0 Å². The molecule has 2 unspecified atom stereocenters. The molecule has 0 aromatic carbocycles. The van der Waals surface area contributed by atoms with Crippen molar-refractivity contribution in [3.63, 3.8) is 0 Å². The second kappa shape index (κ2) is 39.1. The summed E-state index contributed by atoms with van der Waals surface area (Å²) in [7, 11) is 5.52. The van der Waals surface area contributed by atoms with Gasteiger partial charge in [-0.3, -0.25) is 9.59 Å². The van der Waals surface area contributed by atoms with Gasteiger partial charge >= 0.3 is 17.9 Å². The third-order valence-electron chi connectivity index (χ3n) is 10.1. The monoisotopic (exact) mass is 789 g/mol. The van der Waals surface area contributed by atoms with Gasteiger partial charge in [-0.1, -0.05) is 178 Å². The predicted octanol–water partition coefficient (Wildman–Crippen LogP) is 12.4. The van der Waals surface area contributed by atoms with Gasteiger partial charge in [0.1, 0.15) is 6.61 Å². The van der Waals surface area contributed by atoms with Gasteiger partial charge in [0, 0.05) is 19.3 Å². The maximum Gasteiger partial charge on any atom is 0.362 e. The van der Waals surface area contributed by atoms with Gasteiger partial charge in [0.25, 0.3) is 0 Å². The van der Waals surface area contributed by atoms with E-state index in [0.29, 0.717) is 19.3 Å². The number of esters is 2. The summed E-state index contributed by atoms with van der Waals surface area (Å²) in [6.07, 6.45) is 45.7. The van der Waals surface area contributed by atoms with Gasteiger partial charge in [-0.2, -0.15) is 0 Å². The van der Waals surface area contributed by atoms with Crippen LogP contribution in [0.4, 0.5) is 0 Å². The lowest BCUT2D eigenvalue weighted by Crippen LogP contribution is -2.50. The van der Waals surface area contributed by atoms with Crippen molar-refractivity contribution in [3.8, 4) is 0 Å². The van der Waals surface area contributed by atoms with Gasteiger partial charge < -0.3 is 23.8 Å². The molecule has 0 radical (unpaired) electrons. The van der Waals surface area contributed by atoms with Crippen molar-refractivity contribution < 1.29 is 38.2 Å². The Bertz CT molecular complexity index is 1060. The highest BCUT2D eigenvalue weighted by molar-refractivity contribution is 5.72. The van der Waals surface area contributed by atoms with Crippen LogP contribution in [0.5, 0.6) is 0 Å². The van der Waals surface area contributed by atoms with E-state index in [1.54, 1.807) is 0 Å². The van der Waals surface area contributed by atoms with Crippen LogP contribution in [-0.2, 0) is 28.6 Å². The number of carbonyl (C=O) groups excluding carboxylic acids is 2. The molecule has 0 aliphatic rings. The third kappa shape index (κ3) is 36.9. The van der Waals surface area contributed by atoms with E-state index in [2.05, 4.69) is 62.5 Å². The van der Waals surface area contributed by atoms with Crippen molar-refractivity contribution in [2.45, 2.75) is 199 Å². The lowest BCUT2D eigenvalue weighted by atomic mass is 10.0. The molecular weight excluding hydrogens is 703 g/mol. The molecule has 0 amide bonds. The van der Waals surface area contributed by atoms with Crippen LogP contribution >= 0.6 is 0 Å². The lowest BCUT2D eigenvalue weighted by Gasteiger charge is -2.31. The summed E-state index contributed by atoms with van der Waals surface area (Å²) >= 11 is 0. The molecule has 324 valence electrons. The Morgan fingerprint density at radius 3 is 1.43 bits per heavy atom. The molecule has 0 aliphatic heterocycles. The van der Waals surface area contributed by atoms with E-state index in [4.69, 9.17) is 14.2 Å². The zero-order valence-corrected chi connectivity index (χ0v) is 36.8. The van der Waals surface area contributed by atoms with Crippen LogP contribution in [0.25, 0.3) is 0 Å². The quantitative estimate of drug-likeness (QED) is 0.0286. The average Bonchev–Trinajstić information content (AvgIpc) is 3.15. The molecule has 0 aromatic rings. The minimum atomic E-state index is -0.879. The Hall–Kier alpha value is -2.71. The van der Waals surface area contributed by atoms with Crippen LogP contribution < -0.4 is 0 Å². The second-order valence-electron chi connectivity index (χ2n) is 16.4. The number of hydrogen-bond acceptors (Lipinski definition) is 6. The van der Waals surface area contributed by atoms with Crippen LogP contribution in [0, 0.1) is 0 Å². The maximum absolute atomic E-state index is 12.7. The molecule has 0 aliphatic carbocycles. The summed E-state index contributed by atoms with van der Waals surface area (Å²) in [6, 6.07) is -0.618. The molecule has 0 bridgehead atoms. The molecule has 0 heterocycles. The topological polar surface area (TPSA) is 99.1 Å². The van der Waals surface area contributed by atoms with Crippen molar-refractivity contribution in [1.82, 2.24) is 0 Å². The summed E-state index contributed by atoms with van der Waals surface area (Å²) in [6.45, 7) is 4.68. The summed E-state index contributed by atoms with van der Waals surface area (Å²) in [5, 5.41) is 9.62. The van der Waals surface area contributed by atoms with Gasteiger partial charge in [0.15, 0.2) is 12.1 Å². The van der Waals surface area contributed by atoms with E-state index < -0.39 is 18.1 Å². The van der Waals surface area contributed by atoms with E-state index in [1.165, 1.54) is 89.9 Å². The number of hydrogen-bond donors (Lipinski definition) is 1. The highest BCUT2D eigenvalue weighted by Gasteiger charge is 2.31. The number of quaternary nitrogens is 1. The first kappa shape index (κ1) is 53.3. The van der Waals surface area contributed by atoms with E-state index in [-0.39, 0.29) is 36.2 Å². The average molecular weight is 789 g/mol. The van der Waals surface area contributed by atoms with E-state index in [9.17, 15) is 19.5 Å². The number of unbranched alkanes of at least 4 members (excludes halogenated alkanes) is 21. The summed E-state index contributed by atoms with van der Waals surface area (Å²) in [5.74, 6) is -1.49. The summed E-state index contributed by atoms with van der Waals surface area (Å²) < 4.78 is 17.3. The Kier molecular flexibility index (Phi) is 37.2. The zero-order valence-electron chi connectivity index (χ0n) is 36.8.